The first-order valence-corrected chi connectivity index (χ1v) is 7.53. The summed E-state index contributed by atoms with van der Waals surface area (Å²) in [5.41, 5.74) is 6.62. The summed E-state index contributed by atoms with van der Waals surface area (Å²) >= 11 is 0. The number of nitrogens with zero attached hydrogens (tertiary/aromatic N) is 1. The number of rotatable bonds is 5. The number of benzene rings is 2. The molecule has 0 radical (unpaired) electrons. The molecule has 21 heavy (non-hydrogen) atoms. The van der Waals surface area contributed by atoms with E-state index in [2.05, 4.69) is 80.5 Å². The molecular formula is C19H26N2. The van der Waals surface area contributed by atoms with Crippen molar-refractivity contribution >= 4 is 5.69 Å². The van der Waals surface area contributed by atoms with Crippen LogP contribution >= 0.6 is 0 Å². The predicted molar refractivity (Wildman–Crippen MR) is 92.2 cm³/mol. The van der Waals surface area contributed by atoms with Gasteiger partial charge in [0.2, 0.25) is 0 Å². The Labute approximate surface area is 128 Å². The van der Waals surface area contributed by atoms with E-state index in [9.17, 15) is 0 Å². The standard InChI is InChI=1S/C19H26N2/c1-14-10-15(2)12-17(11-14)21(5)13-19(20-4)18-9-7-6-8-16(18)3/h6-12,19-20H,13H2,1-5H3. The molecule has 112 valence electrons. The van der Waals surface area contributed by atoms with Crippen LogP contribution in [0.25, 0.3) is 0 Å². The fourth-order valence-electron chi connectivity index (χ4n) is 2.87. The Morgan fingerprint density at radius 3 is 2.19 bits per heavy atom. The van der Waals surface area contributed by atoms with Gasteiger partial charge in [-0.3, -0.25) is 0 Å². The molecule has 0 aliphatic heterocycles. The highest BCUT2D eigenvalue weighted by molar-refractivity contribution is 5.50. The maximum atomic E-state index is 3.45. The molecular weight excluding hydrogens is 256 g/mol. The summed E-state index contributed by atoms with van der Waals surface area (Å²) in [5.74, 6) is 0. The summed E-state index contributed by atoms with van der Waals surface area (Å²) in [5, 5.41) is 3.45. The van der Waals surface area contributed by atoms with Crippen molar-refractivity contribution in [2.24, 2.45) is 0 Å². The molecule has 2 nitrogen and oxygen atoms in total. The minimum Gasteiger partial charge on any atom is -0.373 e. The monoisotopic (exact) mass is 282 g/mol. The van der Waals surface area contributed by atoms with Crippen molar-refractivity contribution in [3.63, 3.8) is 0 Å². The van der Waals surface area contributed by atoms with Gasteiger partial charge in [-0.05, 0) is 62.2 Å². The minimum atomic E-state index is 0.331. The largest absolute Gasteiger partial charge is 0.373 e. The van der Waals surface area contributed by atoms with E-state index >= 15 is 0 Å². The van der Waals surface area contributed by atoms with Gasteiger partial charge in [0.1, 0.15) is 0 Å². The second-order valence-corrected chi connectivity index (χ2v) is 5.92. The van der Waals surface area contributed by atoms with Gasteiger partial charge in [-0.25, -0.2) is 0 Å². The molecule has 2 heteroatoms. The van der Waals surface area contributed by atoms with Gasteiger partial charge < -0.3 is 10.2 Å². The molecule has 1 unspecified atom stereocenters. The molecule has 2 aromatic rings. The van der Waals surface area contributed by atoms with Crippen LogP contribution in [0.2, 0.25) is 0 Å². The van der Waals surface area contributed by atoms with Crippen LogP contribution in [-0.2, 0) is 0 Å². The molecule has 0 heterocycles. The Hall–Kier alpha value is -1.80. The van der Waals surface area contributed by atoms with Crippen LogP contribution < -0.4 is 10.2 Å². The Balaban J connectivity index is 2.20. The van der Waals surface area contributed by atoms with Crippen LogP contribution in [0.3, 0.4) is 0 Å². The smallest absolute Gasteiger partial charge is 0.0498 e. The fraction of sp³-hybridized carbons (Fsp3) is 0.368. The molecule has 0 aliphatic rings. The lowest BCUT2D eigenvalue weighted by molar-refractivity contribution is 0.586. The van der Waals surface area contributed by atoms with Crippen molar-refractivity contribution in [1.29, 1.82) is 0 Å². The molecule has 2 rings (SSSR count). The van der Waals surface area contributed by atoms with E-state index in [0.717, 1.165) is 6.54 Å². The van der Waals surface area contributed by atoms with Gasteiger partial charge in [0, 0.05) is 25.3 Å². The number of likely N-dealkylation sites (N-methyl/N-ethyl adjacent to an activating group) is 2. The highest BCUT2D eigenvalue weighted by Crippen LogP contribution is 2.22. The molecule has 0 saturated carbocycles. The summed E-state index contributed by atoms with van der Waals surface area (Å²) in [4.78, 5) is 2.33. The predicted octanol–water partition coefficient (Wildman–Crippen LogP) is 4.01. The summed E-state index contributed by atoms with van der Waals surface area (Å²) in [6.07, 6.45) is 0. The third-order valence-electron chi connectivity index (χ3n) is 4.02. The number of anilines is 1. The zero-order chi connectivity index (χ0) is 15.4. The van der Waals surface area contributed by atoms with Crippen molar-refractivity contribution in [3.05, 3.63) is 64.7 Å². The van der Waals surface area contributed by atoms with Crippen LogP contribution in [0, 0.1) is 20.8 Å². The lowest BCUT2D eigenvalue weighted by Crippen LogP contribution is -2.31. The van der Waals surface area contributed by atoms with Crippen LogP contribution in [0.15, 0.2) is 42.5 Å². The zero-order valence-electron chi connectivity index (χ0n) is 13.8. The van der Waals surface area contributed by atoms with Crippen molar-refractivity contribution < 1.29 is 0 Å². The fourth-order valence-corrected chi connectivity index (χ4v) is 2.87. The number of hydrogen-bond donors (Lipinski definition) is 1. The Morgan fingerprint density at radius 2 is 1.62 bits per heavy atom. The van der Waals surface area contributed by atoms with Crippen LogP contribution in [0.5, 0.6) is 0 Å². The van der Waals surface area contributed by atoms with E-state index in [-0.39, 0.29) is 0 Å². The van der Waals surface area contributed by atoms with Gasteiger partial charge in [-0.2, -0.15) is 0 Å². The first-order chi connectivity index (χ1) is 10.0. The van der Waals surface area contributed by atoms with Crippen molar-refractivity contribution in [3.8, 4) is 0 Å². The quantitative estimate of drug-likeness (QED) is 0.891. The summed E-state index contributed by atoms with van der Waals surface area (Å²) in [7, 11) is 4.20. The molecule has 1 atom stereocenters. The summed E-state index contributed by atoms with van der Waals surface area (Å²) < 4.78 is 0. The molecule has 0 fully saturated rings. The van der Waals surface area contributed by atoms with E-state index in [1.165, 1.54) is 27.9 Å². The van der Waals surface area contributed by atoms with E-state index in [1.54, 1.807) is 0 Å². The van der Waals surface area contributed by atoms with Crippen LogP contribution in [0.4, 0.5) is 5.69 Å². The molecule has 0 amide bonds. The van der Waals surface area contributed by atoms with Crippen LogP contribution in [-0.4, -0.2) is 20.6 Å². The average Bonchev–Trinajstić information content (AvgIpc) is 2.44. The van der Waals surface area contributed by atoms with Gasteiger partial charge in [-0.1, -0.05) is 30.3 Å². The third kappa shape index (κ3) is 3.85. The number of hydrogen-bond acceptors (Lipinski definition) is 2. The average molecular weight is 282 g/mol. The second kappa shape index (κ2) is 6.77. The van der Waals surface area contributed by atoms with Gasteiger partial charge in [0.05, 0.1) is 0 Å². The number of aryl methyl sites for hydroxylation is 3. The maximum Gasteiger partial charge on any atom is 0.0498 e. The van der Waals surface area contributed by atoms with E-state index in [4.69, 9.17) is 0 Å². The van der Waals surface area contributed by atoms with Crippen molar-refractivity contribution in [2.45, 2.75) is 26.8 Å². The number of nitrogens with one attached hydrogen (secondary N) is 1. The van der Waals surface area contributed by atoms with E-state index in [1.807, 2.05) is 7.05 Å². The molecule has 2 aromatic carbocycles. The first-order valence-electron chi connectivity index (χ1n) is 7.53. The molecule has 0 aliphatic carbocycles. The normalized spacial score (nSPS) is 12.2. The SMILES string of the molecule is CNC(CN(C)c1cc(C)cc(C)c1)c1ccccc1C. The van der Waals surface area contributed by atoms with Gasteiger partial charge >= 0.3 is 0 Å². The van der Waals surface area contributed by atoms with Crippen molar-refractivity contribution in [2.75, 3.05) is 25.5 Å². The van der Waals surface area contributed by atoms with Gasteiger partial charge in [0.25, 0.3) is 0 Å². The molecule has 0 aromatic heterocycles. The first kappa shape index (κ1) is 15.6. The highest BCUT2D eigenvalue weighted by atomic mass is 15.1. The second-order valence-electron chi connectivity index (χ2n) is 5.92. The molecule has 0 bridgehead atoms. The van der Waals surface area contributed by atoms with Crippen LogP contribution in [0.1, 0.15) is 28.3 Å². The topological polar surface area (TPSA) is 15.3 Å². The minimum absolute atomic E-state index is 0.331. The van der Waals surface area contributed by atoms with Crippen molar-refractivity contribution in [1.82, 2.24) is 5.32 Å². The zero-order valence-corrected chi connectivity index (χ0v) is 13.8. The third-order valence-corrected chi connectivity index (χ3v) is 4.02. The Bertz CT molecular complexity index is 584. The van der Waals surface area contributed by atoms with E-state index in [0.29, 0.717) is 6.04 Å². The molecule has 0 spiro atoms. The lowest BCUT2D eigenvalue weighted by Gasteiger charge is -2.27. The van der Waals surface area contributed by atoms with Gasteiger partial charge in [0.15, 0.2) is 0 Å². The Kier molecular flexibility index (Phi) is 5.03. The van der Waals surface area contributed by atoms with Gasteiger partial charge in [-0.15, -0.1) is 0 Å². The summed E-state index contributed by atoms with van der Waals surface area (Å²) in [6, 6.07) is 15.6. The highest BCUT2D eigenvalue weighted by Gasteiger charge is 2.14. The maximum absolute atomic E-state index is 3.45. The molecule has 0 saturated heterocycles. The summed E-state index contributed by atoms with van der Waals surface area (Å²) in [6.45, 7) is 7.43. The lowest BCUT2D eigenvalue weighted by atomic mass is 10.0. The molecule has 1 N–H and O–H groups in total. The van der Waals surface area contributed by atoms with E-state index < -0.39 is 0 Å². The Morgan fingerprint density at radius 1 is 1.00 bits per heavy atom.